The van der Waals surface area contributed by atoms with E-state index in [9.17, 15) is 0 Å². The van der Waals surface area contributed by atoms with Crippen LogP contribution in [-0.2, 0) is 6.54 Å². The van der Waals surface area contributed by atoms with E-state index in [0.717, 1.165) is 24.0 Å². The Morgan fingerprint density at radius 2 is 2.50 bits per heavy atom. The van der Waals surface area contributed by atoms with Crippen molar-refractivity contribution in [2.45, 2.75) is 39.3 Å². The second-order valence-electron chi connectivity index (χ2n) is 4.76. The minimum atomic E-state index is 0.651. The lowest BCUT2D eigenvalue weighted by molar-refractivity contribution is 0.311. The molecular weight excluding hydrogens is 218 g/mol. The lowest BCUT2D eigenvalue weighted by Crippen LogP contribution is -2.43. The molecule has 0 bridgehead atoms. The van der Waals surface area contributed by atoms with Gasteiger partial charge in [0.2, 0.25) is 0 Å². The molecule has 2 unspecified atom stereocenters. The number of thiazole rings is 1. The topological polar surface area (TPSA) is 37.0 Å². The second kappa shape index (κ2) is 5.75. The van der Waals surface area contributed by atoms with Crippen LogP contribution in [-0.4, -0.2) is 24.1 Å². The van der Waals surface area contributed by atoms with E-state index in [4.69, 9.17) is 0 Å². The predicted octanol–water partition coefficient (Wildman–Crippen LogP) is 1.93. The maximum Gasteiger partial charge on any atom is 0.0897 e. The molecule has 0 aromatic carbocycles. The van der Waals surface area contributed by atoms with Gasteiger partial charge in [-0.3, -0.25) is 0 Å². The molecule has 1 aromatic heterocycles. The molecule has 0 aliphatic carbocycles. The Bertz CT molecular complexity index is 324. The predicted molar refractivity (Wildman–Crippen MR) is 68.7 cm³/mol. The van der Waals surface area contributed by atoms with Gasteiger partial charge in [0.05, 0.1) is 5.01 Å². The second-order valence-corrected chi connectivity index (χ2v) is 6.08. The molecule has 0 spiro atoms. The average molecular weight is 239 g/mol. The molecule has 0 amide bonds. The Balaban J connectivity index is 1.67. The number of nitrogens with one attached hydrogen (secondary N) is 2. The standard InChI is InChI=1S/C12H21N3S/c1-9-3-4-14-11(5-9)6-13-7-12-8-15-10(2)16-12/h8-9,11,13-14H,3-7H2,1-2H3. The van der Waals surface area contributed by atoms with Gasteiger partial charge < -0.3 is 10.6 Å². The van der Waals surface area contributed by atoms with Gasteiger partial charge >= 0.3 is 0 Å². The lowest BCUT2D eigenvalue weighted by atomic mass is 9.94. The van der Waals surface area contributed by atoms with Crippen molar-refractivity contribution in [3.05, 3.63) is 16.1 Å². The highest BCUT2D eigenvalue weighted by molar-refractivity contribution is 7.11. The minimum Gasteiger partial charge on any atom is -0.313 e. The zero-order chi connectivity index (χ0) is 11.4. The first-order valence-corrected chi connectivity index (χ1v) is 6.91. The van der Waals surface area contributed by atoms with E-state index >= 15 is 0 Å². The normalized spacial score (nSPS) is 25.9. The Hall–Kier alpha value is -0.450. The van der Waals surface area contributed by atoms with Crippen molar-refractivity contribution in [2.24, 2.45) is 5.92 Å². The third-order valence-corrected chi connectivity index (χ3v) is 4.03. The maximum absolute atomic E-state index is 4.26. The highest BCUT2D eigenvalue weighted by Gasteiger charge is 2.17. The molecule has 90 valence electrons. The fourth-order valence-electron chi connectivity index (χ4n) is 2.23. The van der Waals surface area contributed by atoms with Gasteiger partial charge in [-0.25, -0.2) is 4.98 Å². The Morgan fingerprint density at radius 3 is 3.19 bits per heavy atom. The van der Waals surface area contributed by atoms with Gasteiger partial charge in [-0.2, -0.15) is 0 Å². The van der Waals surface area contributed by atoms with E-state index in [-0.39, 0.29) is 0 Å². The van der Waals surface area contributed by atoms with Crippen LogP contribution in [0.5, 0.6) is 0 Å². The zero-order valence-corrected chi connectivity index (χ0v) is 10.9. The number of aryl methyl sites for hydroxylation is 1. The van der Waals surface area contributed by atoms with Crippen molar-refractivity contribution in [3.63, 3.8) is 0 Å². The van der Waals surface area contributed by atoms with Gasteiger partial charge in [0, 0.05) is 30.2 Å². The number of hydrogen-bond donors (Lipinski definition) is 2. The molecule has 1 aliphatic heterocycles. The monoisotopic (exact) mass is 239 g/mol. The van der Waals surface area contributed by atoms with Crippen LogP contribution >= 0.6 is 11.3 Å². The van der Waals surface area contributed by atoms with E-state index in [1.807, 2.05) is 6.20 Å². The summed E-state index contributed by atoms with van der Waals surface area (Å²) in [5.41, 5.74) is 0. The molecule has 1 aromatic rings. The minimum absolute atomic E-state index is 0.651. The van der Waals surface area contributed by atoms with E-state index in [0.29, 0.717) is 6.04 Å². The summed E-state index contributed by atoms with van der Waals surface area (Å²) < 4.78 is 0. The summed E-state index contributed by atoms with van der Waals surface area (Å²) in [6.07, 6.45) is 4.60. The van der Waals surface area contributed by atoms with Gasteiger partial charge in [-0.1, -0.05) is 6.92 Å². The lowest BCUT2D eigenvalue weighted by Gasteiger charge is -2.28. The summed E-state index contributed by atoms with van der Waals surface area (Å²) >= 11 is 1.78. The van der Waals surface area contributed by atoms with E-state index < -0.39 is 0 Å². The van der Waals surface area contributed by atoms with Crippen molar-refractivity contribution >= 4 is 11.3 Å². The molecule has 3 nitrogen and oxygen atoms in total. The Kier molecular flexibility index (Phi) is 4.32. The first kappa shape index (κ1) is 12.0. The summed E-state index contributed by atoms with van der Waals surface area (Å²) in [5, 5.41) is 8.23. The van der Waals surface area contributed by atoms with Gasteiger partial charge in [0.15, 0.2) is 0 Å². The summed E-state index contributed by atoms with van der Waals surface area (Å²) in [7, 11) is 0. The quantitative estimate of drug-likeness (QED) is 0.843. The molecule has 16 heavy (non-hydrogen) atoms. The van der Waals surface area contributed by atoms with E-state index in [2.05, 4.69) is 29.5 Å². The van der Waals surface area contributed by atoms with Gasteiger partial charge in [-0.15, -0.1) is 11.3 Å². The average Bonchev–Trinajstić information content (AvgIpc) is 2.64. The van der Waals surface area contributed by atoms with Crippen molar-refractivity contribution in [1.29, 1.82) is 0 Å². The summed E-state index contributed by atoms with van der Waals surface area (Å²) in [6.45, 7) is 7.60. The molecule has 0 saturated carbocycles. The highest BCUT2D eigenvalue weighted by atomic mass is 32.1. The first-order valence-electron chi connectivity index (χ1n) is 6.09. The van der Waals surface area contributed by atoms with Crippen LogP contribution in [0.25, 0.3) is 0 Å². The zero-order valence-electron chi connectivity index (χ0n) is 10.1. The Morgan fingerprint density at radius 1 is 1.62 bits per heavy atom. The highest BCUT2D eigenvalue weighted by Crippen LogP contribution is 2.15. The molecule has 4 heteroatoms. The number of nitrogens with zero attached hydrogens (tertiary/aromatic N) is 1. The molecule has 2 N–H and O–H groups in total. The SMILES string of the molecule is Cc1ncc(CNCC2CC(C)CCN2)s1. The van der Waals surface area contributed by atoms with Crippen molar-refractivity contribution < 1.29 is 0 Å². The fourth-order valence-corrected chi connectivity index (χ4v) is 3.00. The molecule has 1 aliphatic rings. The summed E-state index contributed by atoms with van der Waals surface area (Å²) in [6, 6.07) is 0.651. The van der Waals surface area contributed by atoms with Gasteiger partial charge in [0.1, 0.15) is 0 Å². The van der Waals surface area contributed by atoms with Crippen molar-refractivity contribution in [1.82, 2.24) is 15.6 Å². The molecule has 1 fully saturated rings. The largest absolute Gasteiger partial charge is 0.313 e. The fraction of sp³-hybridized carbons (Fsp3) is 0.750. The third-order valence-electron chi connectivity index (χ3n) is 3.12. The maximum atomic E-state index is 4.26. The van der Waals surface area contributed by atoms with Crippen LogP contribution in [0.2, 0.25) is 0 Å². The van der Waals surface area contributed by atoms with Crippen molar-refractivity contribution in [3.8, 4) is 0 Å². The van der Waals surface area contributed by atoms with Crippen LogP contribution in [0.3, 0.4) is 0 Å². The van der Waals surface area contributed by atoms with Crippen molar-refractivity contribution in [2.75, 3.05) is 13.1 Å². The number of rotatable bonds is 4. The Labute approximate surface area is 102 Å². The molecule has 1 saturated heterocycles. The van der Waals surface area contributed by atoms with Gasteiger partial charge in [-0.05, 0) is 32.2 Å². The van der Waals surface area contributed by atoms with Crippen LogP contribution in [0.1, 0.15) is 29.7 Å². The molecule has 2 rings (SSSR count). The number of piperidine rings is 1. The van der Waals surface area contributed by atoms with Crippen LogP contribution < -0.4 is 10.6 Å². The molecule has 0 radical (unpaired) electrons. The molecule has 2 atom stereocenters. The number of aromatic nitrogens is 1. The van der Waals surface area contributed by atoms with Gasteiger partial charge in [0.25, 0.3) is 0 Å². The van der Waals surface area contributed by atoms with Crippen LogP contribution in [0.15, 0.2) is 6.20 Å². The smallest absolute Gasteiger partial charge is 0.0897 e. The van der Waals surface area contributed by atoms with E-state index in [1.54, 1.807) is 11.3 Å². The molecule has 2 heterocycles. The third kappa shape index (κ3) is 3.54. The summed E-state index contributed by atoms with van der Waals surface area (Å²) in [5.74, 6) is 0.874. The number of hydrogen-bond acceptors (Lipinski definition) is 4. The molecular formula is C12H21N3S. The first-order chi connectivity index (χ1) is 7.74. The van der Waals surface area contributed by atoms with E-state index in [1.165, 1.54) is 24.3 Å². The summed E-state index contributed by atoms with van der Waals surface area (Å²) in [4.78, 5) is 5.59. The van der Waals surface area contributed by atoms with Crippen LogP contribution in [0.4, 0.5) is 0 Å². The van der Waals surface area contributed by atoms with Crippen LogP contribution in [0, 0.1) is 12.8 Å².